The van der Waals surface area contributed by atoms with Crippen LogP contribution in [0.3, 0.4) is 0 Å². The van der Waals surface area contributed by atoms with E-state index in [-0.39, 0.29) is 23.8 Å². The maximum atomic E-state index is 12.8. The number of esters is 1. The van der Waals surface area contributed by atoms with Crippen molar-refractivity contribution < 1.29 is 28.5 Å². The van der Waals surface area contributed by atoms with Crippen molar-refractivity contribution in [3.8, 4) is 34.8 Å². The van der Waals surface area contributed by atoms with Gasteiger partial charge in [-0.15, -0.1) is 0 Å². The van der Waals surface area contributed by atoms with E-state index in [4.69, 9.17) is 29.4 Å². The highest BCUT2D eigenvalue weighted by Crippen LogP contribution is 2.46. The Morgan fingerprint density at radius 1 is 1.05 bits per heavy atom. The summed E-state index contributed by atoms with van der Waals surface area (Å²) in [5.41, 5.74) is 7.97. The van der Waals surface area contributed by atoms with Gasteiger partial charge < -0.3 is 29.4 Å². The smallest absolute Gasteiger partial charge is 0.356 e. The van der Waals surface area contributed by atoms with Crippen molar-refractivity contribution in [3.05, 3.63) is 89.3 Å². The first kappa shape index (κ1) is 24.1. The molecule has 188 valence electrons. The third kappa shape index (κ3) is 4.89. The van der Waals surface area contributed by atoms with Crippen LogP contribution in [0.5, 0.6) is 28.7 Å². The van der Waals surface area contributed by atoms with E-state index >= 15 is 0 Å². The molecule has 2 N–H and O–H groups in total. The van der Waals surface area contributed by atoms with E-state index in [9.17, 15) is 10.1 Å². The van der Waals surface area contributed by atoms with Gasteiger partial charge in [0.25, 0.3) is 0 Å². The van der Waals surface area contributed by atoms with Crippen LogP contribution in [0.1, 0.15) is 36.8 Å². The lowest BCUT2D eigenvalue weighted by Gasteiger charge is -2.28. The number of fused-ring (bicyclic) bond motifs is 2. The second-order valence-corrected chi connectivity index (χ2v) is 8.65. The van der Waals surface area contributed by atoms with Gasteiger partial charge in [-0.2, -0.15) is 5.26 Å². The molecule has 2 aliphatic heterocycles. The molecule has 5 rings (SSSR count). The lowest BCUT2D eigenvalue weighted by Crippen LogP contribution is -2.39. The highest BCUT2D eigenvalue weighted by Gasteiger charge is 2.34. The molecule has 3 aromatic carbocycles. The fourth-order valence-electron chi connectivity index (χ4n) is 4.31. The molecule has 8 nitrogen and oxygen atoms in total. The molecule has 0 saturated carbocycles. The molecule has 2 aliphatic rings. The van der Waals surface area contributed by atoms with Crippen molar-refractivity contribution in [3.63, 3.8) is 0 Å². The van der Waals surface area contributed by atoms with Gasteiger partial charge >= 0.3 is 5.97 Å². The van der Waals surface area contributed by atoms with Crippen LogP contribution in [0.15, 0.2) is 78.2 Å². The molecule has 0 spiro atoms. The number of carbonyl (C=O) groups excluding carboxylic acids is 1. The number of hydrogen-bond donors (Lipinski definition) is 1. The quantitative estimate of drug-likeness (QED) is 0.280. The Balaban J connectivity index is 1.41. The van der Waals surface area contributed by atoms with Crippen molar-refractivity contribution in [1.82, 2.24) is 0 Å². The minimum Gasteiger partial charge on any atom is -0.493 e. The zero-order valence-electron chi connectivity index (χ0n) is 20.3. The number of allylic oxidation sites excluding steroid dienone is 1. The van der Waals surface area contributed by atoms with Gasteiger partial charge in [0.2, 0.25) is 12.0 Å². The zero-order chi connectivity index (χ0) is 25.8. The molecule has 0 bridgehead atoms. The second kappa shape index (κ2) is 10.5. The minimum absolute atomic E-state index is 0.00698. The molecule has 0 aromatic heterocycles. The third-order valence-corrected chi connectivity index (χ3v) is 6.17. The van der Waals surface area contributed by atoms with Crippen LogP contribution >= 0.6 is 0 Å². The van der Waals surface area contributed by atoms with E-state index in [2.05, 4.69) is 13.0 Å². The number of unbranched alkanes of at least 4 members (excludes halogenated alkanes) is 1. The van der Waals surface area contributed by atoms with E-state index < -0.39 is 18.0 Å². The van der Waals surface area contributed by atoms with Crippen molar-refractivity contribution in [2.75, 3.05) is 13.2 Å². The third-order valence-electron chi connectivity index (χ3n) is 6.17. The lowest BCUT2D eigenvalue weighted by molar-refractivity contribution is -0.144. The molecular weight excluding hydrogens is 472 g/mol. The topological polar surface area (TPSA) is 113 Å². The highest BCUT2D eigenvalue weighted by molar-refractivity contribution is 5.78. The summed E-state index contributed by atoms with van der Waals surface area (Å²) in [5.74, 6) is 1.28. The summed E-state index contributed by atoms with van der Waals surface area (Å²) in [5, 5.41) is 9.91. The zero-order valence-corrected chi connectivity index (χ0v) is 20.3. The Bertz CT molecular complexity index is 1390. The SMILES string of the molecule is CCCCOc1ccccc1C1C(C#N)=C(N)Oc2cc(OC(=O)C3COc4ccccc4O3)ccc21. The van der Waals surface area contributed by atoms with Gasteiger partial charge in [0, 0.05) is 17.2 Å². The number of benzene rings is 3. The molecule has 2 atom stereocenters. The van der Waals surface area contributed by atoms with Gasteiger partial charge in [0.15, 0.2) is 11.5 Å². The van der Waals surface area contributed by atoms with Gasteiger partial charge in [-0.1, -0.05) is 49.7 Å². The van der Waals surface area contributed by atoms with Crippen molar-refractivity contribution in [2.45, 2.75) is 31.8 Å². The summed E-state index contributed by atoms with van der Waals surface area (Å²) < 4.78 is 28.8. The Morgan fingerprint density at radius 3 is 2.65 bits per heavy atom. The molecule has 0 fully saturated rings. The maximum absolute atomic E-state index is 12.8. The Kier molecular flexibility index (Phi) is 6.86. The van der Waals surface area contributed by atoms with E-state index in [0.29, 0.717) is 35.2 Å². The largest absolute Gasteiger partial charge is 0.493 e. The Morgan fingerprint density at radius 2 is 1.84 bits per heavy atom. The lowest BCUT2D eigenvalue weighted by atomic mass is 9.83. The van der Waals surface area contributed by atoms with Crippen LogP contribution in [-0.4, -0.2) is 25.3 Å². The maximum Gasteiger partial charge on any atom is 0.356 e. The molecule has 0 amide bonds. The number of hydrogen-bond acceptors (Lipinski definition) is 8. The standard InChI is InChI=1S/C29H26N2O6/c1-2-3-14-33-22-9-5-4-8-19(22)27-20-13-12-18(15-25(20)37-28(31)21(27)16-30)35-29(32)26-17-34-23-10-6-7-11-24(23)36-26/h4-13,15,26-27H,2-3,14,17,31H2,1H3. The van der Waals surface area contributed by atoms with Crippen LogP contribution in [0.25, 0.3) is 0 Å². The molecule has 0 saturated heterocycles. The normalized spacial score (nSPS) is 17.7. The van der Waals surface area contributed by atoms with E-state index in [1.807, 2.05) is 30.3 Å². The number of para-hydroxylation sites is 3. The monoisotopic (exact) mass is 498 g/mol. The molecule has 2 heterocycles. The molecular formula is C29H26N2O6. The fraction of sp³-hybridized carbons (Fsp3) is 0.241. The fourth-order valence-corrected chi connectivity index (χ4v) is 4.31. The van der Waals surface area contributed by atoms with Crippen molar-refractivity contribution in [2.24, 2.45) is 5.73 Å². The van der Waals surface area contributed by atoms with Gasteiger partial charge in [0.1, 0.15) is 35.5 Å². The molecule has 0 radical (unpaired) electrons. The summed E-state index contributed by atoms with van der Waals surface area (Å²) >= 11 is 0. The Hall–Kier alpha value is -4.64. The first-order valence-electron chi connectivity index (χ1n) is 12.1. The van der Waals surface area contributed by atoms with Gasteiger partial charge in [-0.05, 0) is 30.7 Å². The number of nitrogens with two attached hydrogens (primary N) is 1. The number of nitriles is 1. The summed E-state index contributed by atoms with van der Waals surface area (Å²) in [6.45, 7) is 2.70. The minimum atomic E-state index is -0.915. The predicted octanol–water partition coefficient (Wildman–Crippen LogP) is 4.83. The van der Waals surface area contributed by atoms with E-state index in [1.54, 1.807) is 36.4 Å². The van der Waals surface area contributed by atoms with Crippen molar-refractivity contribution in [1.29, 1.82) is 5.26 Å². The molecule has 37 heavy (non-hydrogen) atoms. The average molecular weight is 499 g/mol. The molecule has 2 unspecified atom stereocenters. The van der Waals surface area contributed by atoms with Gasteiger partial charge in [-0.25, -0.2) is 4.79 Å². The second-order valence-electron chi connectivity index (χ2n) is 8.65. The van der Waals surface area contributed by atoms with Crippen LogP contribution < -0.4 is 29.4 Å². The predicted molar refractivity (Wildman–Crippen MR) is 135 cm³/mol. The highest BCUT2D eigenvalue weighted by atomic mass is 16.6. The molecule has 8 heteroatoms. The number of nitrogens with zero attached hydrogens (tertiary/aromatic N) is 1. The van der Waals surface area contributed by atoms with E-state index in [0.717, 1.165) is 18.4 Å². The summed E-state index contributed by atoms with van der Waals surface area (Å²) in [6.07, 6.45) is 1.00. The number of carbonyl (C=O) groups is 1. The summed E-state index contributed by atoms with van der Waals surface area (Å²) in [4.78, 5) is 12.8. The van der Waals surface area contributed by atoms with Gasteiger partial charge in [0.05, 0.1) is 12.5 Å². The first-order valence-corrected chi connectivity index (χ1v) is 12.1. The van der Waals surface area contributed by atoms with Crippen LogP contribution in [0, 0.1) is 11.3 Å². The van der Waals surface area contributed by atoms with E-state index in [1.165, 1.54) is 0 Å². The van der Waals surface area contributed by atoms with Crippen LogP contribution in [0.4, 0.5) is 0 Å². The van der Waals surface area contributed by atoms with Crippen molar-refractivity contribution >= 4 is 5.97 Å². The molecule has 3 aromatic rings. The first-order chi connectivity index (χ1) is 18.1. The summed E-state index contributed by atoms with van der Waals surface area (Å²) in [6, 6.07) is 21.9. The van der Waals surface area contributed by atoms with Crippen LogP contribution in [0.2, 0.25) is 0 Å². The number of rotatable bonds is 7. The van der Waals surface area contributed by atoms with Crippen LogP contribution in [-0.2, 0) is 4.79 Å². The molecule has 0 aliphatic carbocycles. The average Bonchev–Trinajstić information content (AvgIpc) is 2.92. The Labute approximate surface area is 214 Å². The number of ether oxygens (including phenoxy) is 5. The van der Waals surface area contributed by atoms with Gasteiger partial charge in [-0.3, -0.25) is 0 Å². The summed E-state index contributed by atoms with van der Waals surface area (Å²) in [7, 11) is 0.